The maximum absolute atomic E-state index is 7.10. The summed E-state index contributed by atoms with van der Waals surface area (Å²) >= 11 is 1.98. The fourth-order valence-corrected chi connectivity index (χ4v) is 7.65. The van der Waals surface area contributed by atoms with Crippen LogP contribution in [0.1, 0.15) is 102 Å². The highest BCUT2D eigenvalue weighted by Crippen LogP contribution is 2.43. The van der Waals surface area contributed by atoms with Gasteiger partial charge in [-0.05, 0) is 67.9 Å². The highest BCUT2D eigenvalue weighted by atomic mass is 32.2. The molecule has 0 saturated carbocycles. The molecule has 2 aromatic carbocycles. The summed E-state index contributed by atoms with van der Waals surface area (Å²) in [6.07, 6.45) is 8.53. The SMILES string of the molecule is CCCCOC[C@H]1OC(c2cc(CC3Cc4ccccc4S3)ccc2OCCN)[C@H](OCCCC)C(OCCCC)[C@@H]1OCCCC. The van der Waals surface area contributed by atoms with Crippen LogP contribution in [0.2, 0.25) is 0 Å². The lowest BCUT2D eigenvalue weighted by Crippen LogP contribution is -2.58. The summed E-state index contributed by atoms with van der Waals surface area (Å²) < 4.78 is 39.8. The molecule has 0 bridgehead atoms. The summed E-state index contributed by atoms with van der Waals surface area (Å²) in [5.41, 5.74) is 9.63. The molecule has 2 heterocycles. The van der Waals surface area contributed by atoms with Crippen molar-refractivity contribution in [3.63, 3.8) is 0 Å². The Kier molecular flexibility index (Phi) is 17.4. The molecule has 3 unspecified atom stereocenters. The molecule has 0 spiro atoms. The Morgan fingerprint density at radius 2 is 1.43 bits per heavy atom. The van der Waals surface area contributed by atoms with E-state index in [1.807, 2.05) is 11.8 Å². The Morgan fingerprint density at radius 3 is 2.11 bits per heavy atom. The molecule has 2 aromatic rings. The van der Waals surface area contributed by atoms with Crippen LogP contribution in [0.3, 0.4) is 0 Å². The van der Waals surface area contributed by atoms with E-state index in [2.05, 4.69) is 70.2 Å². The Balaban J connectivity index is 1.70. The highest BCUT2D eigenvalue weighted by Gasteiger charge is 2.49. The molecule has 2 N–H and O–H groups in total. The monoisotopic (exact) mass is 671 g/mol. The van der Waals surface area contributed by atoms with Crippen LogP contribution in [0.25, 0.3) is 0 Å². The Morgan fingerprint density at radius 1 is 0.766 bits per heavy atom. The number of hydrogen-bond donors (Lipinski definition) is 1. The number of hydrogen-bond acceptors (Lipinski definition) is 8. The topological polar surface area (TPSA) is 81.4 Å². The molecular formula is C39H61NO6S. The number of ether oxygens (including phenoxy) is 6. The van der Waals surface area contributed by atoms with E-state index in [-0.39, 0.29) is 24.4 Å². The second-order valence-electron chi connectivity index (χ2n) is 12.9. The molecule has 2 aliphatic heterocycles. The van der Waals surface area contributed by atoms with Crippen molar-refractivity contribution < 1.29 is 28.4 Å². The van der Waals surface area contributed by atoms with Gasteiger partial charge in [0.15, 0.2) is 0 Å². The first-order valence-electron chi connectivity index (χ1n) is 18.4. The molecule has 264 valence electrons. The third-order valence-electron chi connectivity index (χ3n) is 8.92. The molecule has 1 saturated heterocycles. The van der Waals surface area contributed by atoms with Gasteiger partial charge in [-0.15, -0.1) is 11.8 Å². The van der Waals surface area contributed by atoms with Crippen LogP contribution in [-0.4, -0.2) is 75.9 Å². The number of thioether (sulfide) groups is 1. The highest BCUT2D eigenvalue weighted by molar-refractivity contribution is 8.00. The van der Waals surface area contributed by atoms with Gasteiger partial charge in [0.05, 0.1) is 6.61 Å². The van der Waals surface area contributed by atoms with Crippen molar-refractivity contribution in [2.75, 3.05) is 46.2 Å². The first-order chi connectivity index (χ1) is 23.1. The summed E-state index contributed by atoms with van der Waals surface area (Å²) in [7, 11) is 0. The van der Waals surface area contributed by atoms with Gasteiger partial charge < -0.3 is 34.2 Å². The molecule has 0 radical (unpaired) electrons. The van der Waals surface area contributed by atoms with Crippen molar-refractivity contribution >= 4 is 11.8 Å². The van der Waals surface area contributed by atoms with Crippen LogP contribution in [0.5, 0.6) is 5.75 Å². The lowest BCUT2D eigenvalue weighted by Gasteiger charge is -2.46. The van der Waals surface area contributed by atoms with Crippen molar-refractivity contribution in [2.24, 2.45) is 5.73 Å². The smallest absolute Gasteiger partial charge is 0.125 e. The molecule has 6 atom stereocenters. The van der Waals surface area contributed by atoms with Crippen LogP contribution in [-0.2, 0) is 36.5 Å². The predicted molar refractivity (Wildman–Crippen MR) is 192 cm³/mol. The van der Waals surface area contributed by atoms with Crippen molar-refractivity contribution in [3.05, 3.63) is 59.2 Å². The first kappa shape index (κ1) is 38.2. The van der Waals surface area contributed by atoms with Crippen molar-refractivity contribution in [3.8, 4) is 5.75 Å². The zero-order valence-electron chi connectivity index (χ0n) is 29.5. The predicted octanol–water partition coefficient (Wildman–Crippen LogP) is 8.10. The average molecular weight is 672 g/mol. The minimum Gasteiger partial charge on any atom is -0.492 e. The van der Waals surface area contributed by atoms with E-state index in [9.17, 15) is 0 Å². The second-order valence-corrected chi connectivity index (χ2v) is 14.2. The molecule has 4 rings (SSSR count). The zero-order valence-corrected chi connectivity index (χ0v) is 30.3. The molecule has 1 fully saturated rings. The van der Waals surface area contributed by atoms with Crippen LogP contribution in [0.15, 0.2) is 47.4 Å². The standard InChI is InChI=1S/C39H61NO6S/c1-5-9-20-41-28-34-37(43-21-10-6-2)39(45-23-12-8-4)38(44-22-11-7-3)36(46-34)32-26-29(17-18-33(32)42-24-19-40)25-31-27-30-15-13-14-16-35(30)47-31/h13-18,26,31,34,36-39H,5-12,19-25,27-28,40H2,1-4H3/t31?,34-,36?,37-,38+,39?/m1/s1. The Bertz CT molecular complexity index is 1130. The fourth-order valence-electron chi connectivity index (χ4n) is 6.29. The molecule has 7 nitrogen and oxygen atoms in total. The molecule has 0 amide bonds. The average Bonchev–Trinajstić information content (AvgIpc) is 3.50. The summed E-state index contributed by atoms with van der Waals surface area (Å²) in [6.45, 7) is 12.7. The number of rotatable bonds is 23. The summed E-state index contributed by atoms with van der Waals surface area (Å²) in [6, 6.07) is 15.4. The van der Waals surface area contributed by atoms with E-state index in [0.29, 0.717) is 51.4 Å². The maximum atomic E-state index is 7.10. The van der Waals surface area contributed by atoms with Crippen molar-refractivity contribution in [1.82, 2.24) is 0 Å². The van der Waals surface area contributed by atoms with Gasteiger partial charge in [0.25, 0.3) is 0 Å². The van der Waals surface area contributed by atoms with E-state index >= 15 is 0 Å². The van der Waals surface area contributed by atoms with Crippen molar-refractivity contribution in [2.45, 2.75) is 133 Å². The maximum Gasteiger partial charge on any atom is 0.125 e. The lowest BCUT2D eigenvalue weighted by molar-refractivity contribution is -0.268. The molecule has 2 aliphatic rings. The van der Waals surface area contributed by atoms with Gasteiger partial charge in [-0.2, -0.15) is 0 Å². The molecule has 0 aromatic heterocycles. The summed E-state index contributed by atoms with van der Waals surface area (Å²) in [5, 5.41) is 0.487. The molecule has 47 heavy (non-hydrogen) atoms. The van der Waals surface area contributed by atoms with Crippen LogP contribution >= 0.6 is 11.8 Å². The van der Waals surface area contributed by atoms with Crippen LogP contribution in [0.4, 0.5) is 0 Å². The van der Waals surface area contributed by atoms with E-state index < -0.39 is 6.10 Å². The quantitative estimate of drug-likeness (QED) is 0.119. The van der Waals surface area contributed by atoms with Gasteiger partial charge in [-0.1, -0.05) is 77.6 Å². The minimum atomic E-state index is -0.412. The van der Waals surface area contributed by atoms with Crippen LogP contribution in [0, 0.1) is 0 Å². The Hall–Kier alpha value is -1.65. The molecular weight excluding hydrogens is 610 g/mol. The summed E-state index contributed by atoms with van der Waals surface area (Å²) in [5.74, 6) is 0.791. The fraction of sp³-hybridized carbons (Fsp3) is 0.692. The van der Waals surface area contributed by atoms with Gasteiger partial charge in [-0.25, -0.2) is 0 Å². The molecule has 0 aliphatic carbocycles. The second kappa shape index (κ2) is 21.4. The Labute approximate surface area is 288 Å². The summed E-state index contributed by atoms with van der Waals surface area (Å²) in [4.78, 5) is 1.40. The zero-order chi connectivity index (χ0) is 33.3. The number of benzene rings is 2. The normalized spacial score (nSPS) is 24.0. The largest absolute Gasteiger partial charge is 0.492 e. The van der Waals surface area contributed by atoms with Crippen molar-refractivity contribution in [1.29, 1.82) is 0 Å². The van der Waals surface area contributed by atoms with Crippen LogP contribution < -0.4 is 10.5 Å². The first-order valence-corrected chi connectivity index (χ1v) is 19.3. The van der Waals surface area contributed by atoms with E-state index in [4.69, 9.17) is 34.2 Å². The van der Waals surface area contributed by atoms with E-state index in [1.165, 1.54) is 16.0 Å². The van der Waals surface area contributed by atoms with E-state index in [0.717, 1.165) is 75.5 Å². The van der Waals surface area contributed by atoms with Gasteiger partial charge in [0.1, 0.15) is 42.9 Å². The van der Waals surface area contributed by atoms with Gasteiger partial charge in [0.2, 0.25) is 0 Å². The third-order valence-corrected chi connectivity index (χ3v) is 10.2. The lowest BCUT2D eigenvalue weighted by atomic mass is 9.88. The number of unbranched alkanes of at least 4 members (excludes halogenated alkanes) is 4. The van der Waals surface area contributed by atoms with Gasteiger partial charge >= 0.3 is 0 Å². The third kappa shape index (κ3) is 11.4. The van der Waals surface area contributed by atoms with Gasteiger partial charge in [0, 0.05) is 48.7 Å². The number of nitrogens with two attached hydrogens (primary N) is 1. The molecule has 8 heteroatoms. The number of fused-ring (bicyclic) bond motifs is 1. The van der Waals surface area contributed by atoms with Gasteiger partial charge in [-0.3, -0.25) is 0 Å². The minimum absolute atomic E-state index is 0.298. The van der Waals surface area contributed by atoms with E-state index in [1.54, 1.807) is 0 Å².